The number of urea groups is 1. The second-order valence-electron chi connectivity index (χ2n) is 5.01. The van der Waals surface area contributed by atoms with Gasteiger partial charge in [-0.05, 0) is 31.0 Å². The lowest BCUT2D eigenvalue weighted by atomic mass is 10.2. The number of rotatable bonds is 3. The molecule has 1 aromatic heterocycles. The lowest BCUT2D eigenvalue weighted by Gasteiger charge is -2.10. The zero-order chi connectivity index (χ0) is 14.8. The fourth-order valence-corrected chi connectivity index (χ4v) is 2.58. The van der Waals surface area contributed by atoms with Crippen molar-refractivity contribution in [3.05, 3.63) is 40.4 Å². The highest BCUT2D eigenvalue weighted by Gasteiger charge is 2.17. The van der Waals surface area contributed by atoms with Crippen LogP contribution in [0.4, 0.5) is 10.5 Å². The molecular weight excluding hydrogens is 290 g/mol. The quantitative estimate of drug-likeness (QED) is 0.915. The minimum atomic E-state index is -0.282. The summed E-state index contributed by atoms with van der Waals surface area (Å²) in [5.41, 5.74) is 1.55. The number of benzene rings is 1. The molecule has 0 radical (unpaired) electrons. The van der Waals surface area contributed by atoms with E-state index in [1.807, 2.05) is 13.0 Å². The number of fused-ring (bicyclic) bond motifs is 1. The van der Waals surface area contributed by atoms with Gasteiger partial charge in [0, 0.05) is 23.7 Å². The first-order chi connectivity index (χ1) is 10.1. The molecule has 2 N–H and O–H groups in total. The van der Waals surface area contributed by atoms with Gasteiger partial charge < -0.3 is 15.2 Å². The van der Waals surface area contributed by atoms with Crippen molar-refractivity contribution in [3.63, 3.8) is 0 Å². The first kappa shape index (κ1) is 13.9. The van der Waals surface area contributed by atoms with Crippen LogP contribution in [-0.4, -0.2) is 20.8 Å². The van der Waals surface area contributed by atoms with Crippen molar-refractivity contribution < 1.29 is 4.79 Å². The number of hydrogen-bond acceptors (Lipinski definition) is 3. The number of aryl methyl sites for hydroxylation is 1. The molecule has 7 heteroatoms. The van der Waals surface area contributed by atoms with Crippen molar-refractivity contribution in [2.24, 2.45) is 0 Å². The molecule has 21 heavy (non-hydrogen) atoms. The van der Waals surface area contributed by atoms with E-state index in [9.17, 15) is 4.79 Å². The van der Waals surface area contributed by atoms with Crippen LogP contribution in [0.5, 0.6) is 0 Å². The predicted octanol–water partition coefficient (Wildman–Crippen LogP) is 2.51. The third-order valence-corrected chi connectivity index (χ3v) is 4.02. The Balaban J connectivity index is 1.60. The Labute approximate surface area is 127 Å². The number of carbonyl (C=O) groups is 1. The molecule has 1 aliphatic rings. The fourth-order valence-electron chi connectivity index (χ4n) is 2.41. The van der Waals surface area contributed by atoms with E-state index < -0.39 is 0 Å². The summed E-state index contributed by atoms with van der Waals surface area (Å²) in [6.07, 6.45) is 2.05. The summed E-state index contributed by atoms with van der Waals surface area (Å²) in [5.74, 6) is 1.79. The van der Waals surface area contributed by atoms with Crippen LogP contribution in [0, 0.1) is 6.92 Å². The number of halogens is 1. The maximum atomic E-state index is 11.9. The summed E-state index contributed by atoms with van der Waals surface area (Å²) in [5, 5.41) is 14.4. The Morgan fingerprint density at radius 3 is 3.14 bits per heavy atom. The zero-order valence-corrected chi connectivity index (χ0v) is 12.4. The van der Waals surface area contributed by atoms with E-state index in [4.69, 9.17) is 11.6 Å². The van der Waals surface area contributed by atoms with Crippen molar-refractivity contribution in [1.82, 2.24) is 20.1 Å². The predicted molar refractivity (Wildman–Crippen MR) is 80.4 cm³/mol. The van der Waals surface area contributed by atoms with E-state index in [2.05, 4.69) is 25.4 Å². The lowest BCUT2D eigenvalue weighted by molar-refractivity contribution is 0.251. The number of hydrogen-bond donors (Lipinski definition) is 2. The Bertz CT molecular complexity index is 682. The third kappa shape index (κ3) is 2.85. The molecule has 2 aromatic rings. The average molecular weight is 306 g/mol. The number of amides is 2. The van der Waals surface area contributed by atoms with Gasteiger partial charge in [-0.15, -0.1) is 10.2 Å². The number of nitrogens with zero attached hydrogens (tertiary/aromatic N) is 3. The Kier molecular flexibility index (Phi) is 3.79. The van der Waals surface area contributed by atoms with Crippen LogP contribution in [0.15, 0.2) is 18.2 Å². The monoisotopic (exact) mass is 305 g/mol. The van der Waals surface area contributed by atoms with Gasteiger partial charge in [0.25, 0.3) is 0 Å². The van der Waals surface area contributed by atoms with Crippen molar-refractivity contribution >= 4 is 23.3 Å². The Hall–Kier alpha value is -2.08. The van der Waals surface area contributed by atoms with Crippen LogP contribution in [-0.2, 0) is 19.5 Å². The normalized spacial score (nSPS) is 13.0. The van der Waals surface area contributed by atoms with Gasteiger partial charge in [0.1, 0.15) is 5.82 Å². The smallest absolute Gasteiger partial charge is 0.319 e. The van der Waals surface area contributed by atoms with Gasteiger partial charge in [-0.25, -0.2) is 4.79 Å². The number of aromatic nitrogens is 3. The van der Waals surface area contributed by atoms with Crippen molar-refractivity contribution in [3.8, 4) is 0 Å². The second kappa shape index (κ2) is 5.73. The minimum absolute atomic E-state index is 0.282. The maximum Gasteiger partial charge on any atom is 0.319 e. The van der Waals surface area contributed by atoms with Gasteiger partial charge in [0.05, 0.1) is 6.54 Å². The number of carbonyl (C=O) groups excluding carboxylic acids is 1. The van der Waals surface area contributed by atoms with Crippen molar-refractivity contribution in [2.45, 2.75) is 32.9 Å². The van der Waals surface area contributed by atoms with Gasteiger partial charge in [-0.2, -0.15) is 0 Å². The lowest BCUT2D eigenvalue weighted by Crippen LogP contribution is -2.29. The molecule has 0 saturated carbocycles. The van der Waals surface area contributed by atoms with Crippen LogP contribution in [0.25, 0.3) is 0 Å². The Morgan fingerprint density at radius 1 is 1.43 bits per heavy atom. The largest absolute Gasteiger partial charge is 0.331 e. The van der Waals surface area contributed by atoms with Crippen LogP contribution in [0.1, 0.15) is 23.6 Å². The summed E-state index contributed by atoms with van der Waals surface area (Å²) < 4.78 is 2.06. The standard InChI is InChI=1S/C14H16ClN5O/c1-9-10(15)4-2-5-11(9)17-14(21)16-8-13-19-18-12-6-3-7-20(12)13/h2,4-5H,3,6-8H2,1H3,(H2,16,17,21). The molecule has 2 amide bonds. The summed E-state index contributed by atoms with van der Waals surface area (Å²) in [7, 11) is 0. The molecule has 1 aromatic carbocycles. The molecule has 0 unspecified atom stereocenters. The fraction of sp³-hybridized carbons (Fsp3) is 0.357. The van der Waals surface area contributed by atoms with Gasteiger partial charge in [-0.1, -0.05) is 17.7 Å². The molecule has 2 heterocycles. The van der Waals surface area contributed by atoms with Crippen LogP contribution in [0.2, 0.25) is 5.02 Å². The summed E-state index contributed by atoms with van der Waals surface area (Å²) >= 11 is 6.03. The second-order valence-corrected chi connectivity index (χ2v) is 5.41. The van der Waals surface area contributed by atoms with E-state index in [1.54, 1.807) is 12.1 Å². The topological polar surface area (TPSA) is 71.8 Å². The Morgan fingerprint density at radius 2 is 2.29 bits per heavy atom. The van der Waals surface area contributed by atoms with Gasteiger partial charge >= 0.3 is 6.03 Å². The average Bonchev–Trinajstić information content (AvgIpc) is 3.05. The first-order valence-corrected chi connectivity index (χ1v) is 7.24. The molecular formula is C14H16ClN5O. The van der Waals surface area contributed by atoms with Crippen LogP contribution < -0.4 is 10.6 Å². The summed E-state index contributed by atoms with van der Waals surface area (Å²) in [6, 6.07) is 5.13. The summed E-state index contributed by atoms with van der Waals surface area (Å²) in [6.45, 7) is 3.15. The molecule has 0 bridgehead atoms. The van der Waals surface area contributed by atoms with E-state index in [-0.39, 0.29) is 6.03 Å². The van der Waals surface area contributed by atoms with Crippen molar-refractivity contribution in [1.29, 1.82) is 0 Å². The minimum Gasteiger partial charge on any atom is -0.331 e. The molecule has 1 aliphatic heterocycles. The molecule has 0 spiro atoms. The SMILES string of the molecule is Cc1c(Cl)cccc1NC(=O)NCc1nnc2n1CCC2. The molecule has 0 aliphatic carbocycles. The van der Waals surface area contributed by atoms with Gasteiger partial charge in [-0.3, -0.25) is 0 Å². The molecule has 0 atom stereocenters. The van der Waals surface area contributed by atoms with E-state index in [0.717, 1.165) is 36.6 Å². The highest BCUT2D eigenvalue weighted by atomic mass is 35.5. The third-order valence-electron chi connectivity index (χ3n) is 3.61. The van der Waals surface area contributed by atoms with E-state index in [0.29, 0.717) is 17.3 Å². The maximum absolute atomic E-state index is 11.9. The van der Waals surface area contributed by atoms with E-state index in [1.165, 1.54) is 0 Å². The first-order valence-electron chi connectivity index (χ1n) is 6.86. The van der Waals surface area contributed by atoms with Crippen molar-refractivity contribution in [2.75, 3.05) is 5.32 Å². The van der Waals surface area contributed by atoms with Gasteiger partial charge in [0.15, 0.2) is 5.82 Å². The summed E-state index contributed by atoms with van der Waals surface area (Å²) in [4.78, 5) is 11.9. The van der Waals surface area contributed by atoms with Gasteiger partial charge in [0.2, 0.25) is 0 Å². The molecule has 3 rings (SSSR count). The zero-order valence-electron chi connectivity index (χ0n) is 11.7. The number of anilines is 1. The highest BCUT2D eigenvalue weighted by molar-refractivity contribution is 6.31. The molecule has 0 fully saturated rings. The van der Waals surface area contributed by atoms with E-state index >= 15 is 0 Å². The molecule has 6 nitrogen and oxygen atoms in total. The number of nitrogens with one attached hydrogen (secondary N) is 2. The molecule has 110 valence electrons. The highest BCUT2D eigenvalue weighted by Crippen LogP contribution is 2.22. The van der Waals surface area contributed by atoms with Crippen LogP contribution in [0.3, 0.4) is 0 Å². The molecule has 0 saturated heterocycles. The van der Waals surface area contributed by atoms with Crippen LogP contribution >= 0.6 is 11.6 Å².